The Labute approximate surface area is 121 Å². The highest BCUT2D eigenvalue weighted by Gasteiger charge is 2.13. The Kier molecular flexibility index (Phi) is 3.42. The van der Waals surface area contributed by atoms with Crippen molar-refractivity contribution < 1.29 is 0 Å². The van der Waals surface area contributed by atoms with Crippen LogP contribution in [0.15, 0.2) is 32.8 Å². The lowest BCUT2D eigenvalue weighted by molar-refractivity contribution is 0.983. The molecule has 0 aromatic carbocycles. The van der Waals surface area contributed by atoms with Crippen LogP contribution in [0.3, 0.4) is 0 Å². The van der Waals surface area contributed by atoms with Gasteiger partial charge in [-0.25, -0.2) is 4.98 Å². The summed E-state index contributed by atoms with van der Waals surface area (Å²) in [6.45, 7) is 0. The Bertz CT molecular complexity index is 809. The van der Waals surface area contributed by atoms with Crippen LogP contribution in [0.25, 0.3) is 20.7 Å². The van der Waals surface area contributed by atoms with Crippen molar-refractivity contribution in [2.75, 3.05) is 5.75 Å². The van der Waals surface area contributed by atoms with Crippen molar-refractivity contribution in [3.05, 3.63) is 33.2 Å². The zero-order chi connectivity index (χ0) is 13.2. The van der Waals surface area contributed by atoms with Crippen LogP contribution >= 0.6 is 34.4 Å². The maximum atomic E-state index is 12.2. The molecule has 0 amide bonds. The SMILES string of the molecule is C#CCSc1nc2scc(-c3cccs3)c2c(=O)[nH]1. The van der Waals surface area contributed by atoms with Gasteiger partial charge in [-0.05, 0) is 11.4 Å². The van der Waals surface area contributed by atoms with Crippen molar-refractivity contribution in [3.8, 4) is 22.8 Å². The number of terminal acetylenes is 1. The van der Waals surface area contributed by atoms with Gasteiger partial charge in [-0.15, -0.1) is 29.1 Å². The van der Waals surface area contributed by atoms with E-state index in [2.05, 4.69) is 15.9 Å². The normalized spacial score (nSPS) is 10.7. The Morgan fingerprint density at radius 3 is 3.11 bits per heavy atom. The van der Waals surface area contributed by atoms with Gasteiger partial charge in [-0.3, -0.25) is 4.79 Å². The van der Waals surface area contributed by atoms with E-state index < -0.39 is 0 Å². The number of hydrogen-bond donors (Lipinski definition) is 1. The number of aromatic amines is 1. The Balaban J connectivity index is 2.15. The minimum absolute atomic E-state index is 0.103. The second-order valence-corrected chi connectivity index (χ2v) is 6.44. The van der Waals surface area contributed by atoms with E-state index in [1.54, 1.807) is 11.3 Å². The van der Waals surface area contributed by atoms with E-state index >= 15 is 0 Å². The van der Waals surface area contributed by atoms with Crippen LogP contribution in [-0.4, -0.2) is 15.7 Å². The second-order valence-electron chi connectivity index (χ2n) is 3.67. The largest absolute Gasteiger partial charge is 0.301 e. The molecule has 3 heterocycles. The number of nitrogens with zero attached hydrogens (tertiary/aromatic N) is 1. The molecular weight excluding hydrogens is 296 g/mol. The lowest BCUT2D eigenvalue weighted by Gasteiger charge is -1.98. The maximum Gasteiger partial charge on any atom is 0.260 e. The number of aromatic nitrogens is 2. The van der Waals surface area contributed by atoms with Gasteiger partial charge < -0.3 is 4.98 Å². The minimum atomic E-state index is -0.103. The number of H-pyrrole nitrogens is 1. The summed E-state index contributed by atoms with van der Waals surface area (Å²) in [4.78, 5) is 21.3. The highest BCUT2D eigenvalue weighted by Crippen LogP contribution is 2.33. The number of hydrogen-bond acceptors (Lipinski definition) is 5. The average molecular weight is 304 g/mol. The first kappa shape index (κ1) is 12.5. The zero-order valence-corrected chi connectivity index (χ0v) is 12.1. The molecule has 0 aliphatic heterocycles. The molecular formula is C13H8N2OS3. The summed E-state index contributed by atoms with van der Waals surface area (Å²) in [6.07, 6.45) is 5.21. The van der Waals surface area contributed by atoms with E-state index in [9.17, 15) is 4.79 Å². The lowest BCUT2D eigenvalue weighted by atomic mass is 10.2. The van der Waals surface area contributed by atoms with Crippen LogP contribution in [0.2, 0.25) is 0 Å². The number of rotatable bonds is 3. The quantitative estimate of drug-likeness (QED) is 0.458. The summed E-state index contributed by atoms with van der Waals surface area (Å²) in [5.41, 5.74) is 0.853. The molecule has 6 heteroatoms. The highest BCUT2D eigenvalue weighted by molar-refractivity contribution is 7.99. The molecule has 0 unspecified atom stereocenters. The van der Waals surface area contributed by atoms with Crippen LogP contribution < -0.4 is 5.56 Å². The molecule has 0 saturated carbocycles. The smallest absolute Gasteiger partial charge is 0.260 e. The molecule has 0 saturated heterocycles. The number of thioether (sulfide) groups is 1. The van der Waals surface area contributed by atoms with Crippen molar-refractivity contribution >= 4 is 44.7 Å². The third-order valence-electron chi connectivity index (χ3n) is 2.50. The van der Waals surface area contributed by atoms with Gasteiger partial charge in [0.05, 0.1) is 11.1 Å². The predicted molar refractivity (Wildman–Crippen MR) is 83.1 cm³/mol. The maximum absolute atomic E-state index is 12.2. The first-order valence-corrected chi connectivity index (χ1v) is 8.15. The molecule has 3 rings (SSSR count). The molecule has 0 atom stereocenters. The molecule has 3 aromatic heterocycles. The molecule has 3 aromatic rings. The molecule has 0 bridgehead atoms. The monoisotopic (exact) mass is 304 g/mol. The number of thiophene rings is 2. The highest BCUT2D eigenvalue weighted by atomic mass is 32.2. The minimum Gasteiger partial charge on any atom is -0.301 e. The van der Waals surface area contributed by atoms with E-state index in [0.717, 1.165) is 15.3 Å². The van der Waals surface area contributed by atoms with Gasteiger partial charge in [0.25, 0.3) is 5.56 Å². The Morgan fingerprint density at radius 2 is 2.37 bits per heavy atom. The van der Waals surface area contributed by atoms with Gasteiger partial charge >= 0.3 is 0 Å². The molecule has 0 aliphatic carbocycles. The van der Waals surface area contributed by atoms with Crippen LogP contribution in [0.4, 0.5) is 0 Å². The van der Waals surface area contributed by atoms with E-state index in [0.29, 0.717) is 16.3 Å². The number of nitrogens with one attached hydrogen (secondary N) is 1. The molecule has 3 nitrogen and oxygen atoms in total. The third-order valence-corrected chi connectivity index (χ3v) is 5.05. The topological polar surface area (TPSA) is 45.8 Å². The van der Waals surface area contributed by atoms with Crippen molar-refractivity contribution in [1.29, 1.82) is 0 Å². The van der Waals surface area contributed by atoms with Gasteiger partial charge in [0.2, 0.25) is 0 Å². The van der Waals surface area contributed by atoms with Crippen molar-refractivity contribution in [2.45, 2.75) is 5.16 Å². The Hall–Kier alpha value is -1.55. The summed E-state index contributed by atoms with van der Waals surface area (Å²) in [5.74, 6) is 3.01. The van der Waals surface area contributed by atoms with Gasteiger partial charge in [0, 0.05) is 15.8 Å². The molecule has 0 radical (unpaired) electrons. The third kappa shape index (κ3) is 2.32. The standard InChI is InChI=1S/C13H8N2OS3/c1-2-5-18-13-14-11(16)10-8(7-19-12(10)15-13)9-4-3-6-17-9/h1,3-4,6-7H,5H2,(H,14,15,16). The fourth-order valence-electron chi connectivity index (χ4n) is 1.72. The predicted octanol–water partition coefficient (Wildman–Crippen LogP) is 3.44. The molecule has 1 N–H and O–H groups in total. The Morgan fingerprint density at radius 1 is 1.47 bits per heavy atom. The van der Waals surface area contributed by atoms with Gasteiger partial charge in [-0.2, -0.15) is 0 Å². The average Bonchev–Trinajstić information content (AvgIpc) is 3.04. The molecule has 19 heavy (non-hydrogen) atoms. The molecule has 0 spiro atoms. The van der Waals surface area contributed by atoms with Gasteiger partial charge in [0.1, 0.15) is 4.83 Å². The molecule has 0 fully saturated rings. The number of fused-ring (bicyclic) bond motifs is 1. The van der Waals surface area contributed by atoms with Crippen LogP contribution in [0, 0.1) is 12.3 Å². The first-order valence-electron chi connectivity index (χ1n) is 5.41. The summed E-state index contributed by atoms with van der Waals surface area (Å²) >= 11 is 4.46. The van der Waals surface area contributed by atoms with Crippen molar-refractivity contribution in [3.63, 3.8) is 0 Å². The lowest BCUT2D eigenvalue weighted by Crippen LogP contribution is -2.08. The molecule has 94 valence electrons. The second kappa shape index (κ2) is 5.21. The summed E-state index contributed by atoms with van der Waals surface area (Å²) < 4.78 is 0. The van der Waals surface area contributed by atoms with E-state index in [4.69, 9.17) is 6.42 Å². The van der Waals surface area contributed by atoms with Crippen molar-refractivity contribution in [2.24, 2.45) is 0 Å². The summed E-state index contributed by atoms with van der Waals surface area (Å²) in [6, 6.07) is 3.98. The van der Waals surface area contributed by atoms with Gasteiger partial charge in [0.15, 0.2) is 5.16 Å². The first-order chi connectivity index (χ1) is 9.29. The zero-order valence-electron chi connectivity index (χ0n) is 9.67. The van der Waals surface area contributed by atoms with Crippen LogP contribution in [0.5, 0.6) is 0 Å². The summed E-state index contributed by atoms with van der Waals surface area (Å²) in [5, 5.41) is 5.22. The molecule has 0 aliphatic rings. The van der Waals surface area contributed by atoms with Crippen LogP contribution in [-0.2, 0) is 0 Å². The van der Waals surface area contributed by atoms with E-state index in [1.807, 2.05) is 22.9 Å². The fraction of sp³-hybridized carbons (Fsp3) is 0.0769. The van der Waals surface area contributed by atoms with Crippen molar-refractivity contribution in [1.82, 2.24) is 9.97 Å². The fourth-order valence-corrected chi connectivity index (χ4v) is 4.08. The summed E-state index contributed by atoms with van der Waals surface area (Å²) in [7, 11) is 0. The van der Waals surface area contributed by atoms with E-state index in [-0.39, 0.29) is 5.56 Å². The van der Waals surface area contributed by atoms with Crippen LogP contribution in [0.1, 0.15) is 0 Å². The van der Waals surface area contributed by atoms with Gasteiger partial charge in [-0.1, -0.05) is 23.7 Å². The van der Waals surface area contributed by atoms with E-state index in [1.165, 1.54) is 23.1 Å².